The molecule has 2 fully saturated rings. The van der Waals surface area contributed by atoms with Gasteiger partial charge in [0.2, 0.25) is 0 Å². The average Bonchev–Trinajstić information content (AvgIpc) is 3.48. The second-order valence-corrected chi connectivity index (χ2v) is 12.1. The molecule has 2 aliphatic carbocycles. The SMILES string of the molecule is CC(C)(C)OC(=O)n1cc2c(n1)CCC(N(C(=O)c1cccc3c1ccn3CC1CCOCC1)C1CC1)C2. The molecule has 0 spiro atoms. The Morgan fingerprint density at radius 2 is 1.87 bits per heavy atom. The van der Waals surface area contributed by atoms with Crippen molar-refractivity contribution >= 4 is 22.9 Å². The number of ether oxygens (including phenoxy) is 2. The highest BCUT2D eigenvalue weighted by molar-refractivity contribution is 6.07. The summed E-state index contributed by atoms with van der Waals surface area (Å²) in [5.74, 6) is 0.731. The lowest BCUT2D eigenvalue weighted by atomic mass is 9.91. The first-order valence-corrected chi connectivity index (χ1v) is 14.1. The van der Waals surface area contributed by atoms with Crippen LogP contribution in [0.25, 0.3) is 10.9 Å². The van der Waals surface area contributed by atoms with Crippen molar-refractivity contribution in [1.29, 1.82) is 0 Å². The number of fused-ring (bicyclic) bond motifs is 2. The lowest BCUT2D eigenvalue weighted by Crippen LogP contribution is -2.44. The normalized spacial score (nSPS) is 20.3. The quantitative estimate of drug-likeness (QED) is 0.463. The van der Waals surface area contributed by atoms with Gasteiger partial charge < -0.3 is 18.9 Å². The molecule has 38 heavy (non-hydrogen) atoms. The first-order chi connectivity index (χ1) is 18.3. The molecule has 202 valence electrons. The second-order valence-electron chi connectivity index (χ2n) is 12.1. The predicted octanol–water partition coefficient (Wildman–Crippen LogP) is 5.21. The molecule has 0 radical (unpaired) electrons. The van der Waals surface area contributed by atoms with Gasteiger partial charge in [-0.25, -0.2) is 4.79 Å². The highest BCUT2D eigenvalue weighted by atomic mass is 16.6. The third-order valence-corrected chi connectivity index (χ3v) is 8.04. The minimum absolute atomic E-state index is 0.0957. The minimum atomic E-state index is -0.577. The molecule has 0 bridgehead atoms. The van der Waals surface area contributed by atoms with Crippen molar-refractivity contribution in [2.75, 3.05) is 13.2 Å². The summed E-state index contributed by atoms with van der Waals surface area (Å²) in [4.78, 5) is 28.8. The summed E-state index contributed by atoms with van der Waals surface area (Å²) in [6.07, 6.45) is 10.0. The van der Waals surface area contributed by atoms with Crippen molar-refractivity contribution in [3.63, 3.8) is 0 Å². The standard InChI is InChI=1S/C30H38N4O4/c1-30(2,3)38-29(36)33-19-21-17-23(9-10-26(21)31-33)34(22-7-8-22)28(35)25-5-4-6-27-24(25)11-14-32(27)18-20-12-15-37-16-13-20/h4-6,11,14,19-20,22-23H,7-10,12-13,15-18H2,1-3H3. The smallest absolute Gasteiger partial charge is 0.435 e. The number of rotatable bonds is 5. The molecule has 2 aromatic heterocycles. The predicted molar refractivity (Wildman–Crippen MR) is 144 cm³/mol. The van der Waals surface area contributed by atoms with Crippen LogP contribution in [0.3, 0.4) is 0 Å². The van der Waals surface area contributed by atoms with Gasteiger partial charge in [-0.3, -0.25) is 4.79 Å². The number of aromatic nitrogens is 3. The molecule has 3 aliphatic rings. The van der Waals surface area contributed by atoms with E-state index in [0.717, 1.165) is 86.0 Å². The second kappa shape index (κ2) is 9.88. The minimum Gasteiger partial charge on any atom is -0.442 e. The topological polar surface area (TPSA) is 78.6 Å². The van der Waals surface area contributed by atoms with Crippen molar-refractivity contribution < 1.29 is 19.1 Å². The summed E-state index contributed by atoms with van der Waals surface area (Å²) in [7, 11) is 0. The van der Waals surface area contributed by atoms with Crippen molar-refractivity contribution in [3.8, 4) is 0 Å². The van der Waals surface area contributed by atoms with Crippen molar-refractivity contribution in [3.05, 3.63) is 53.5 Å². The summed E-state index contributed by atoms with van der Waals surface area (Å²) in [6.45, 7) is 8.19. The highest BCUT2D eigenvalue weighted by Crippen LogP contribution is 2.36. The Balaban J connectivity index is 1.23. The van der Waals surface area contributed by atoms with Crippen LogP contribution in [0.1, 0.15) is 74.5 Å². The van der Waals surface area contributed by atoms with Gasteiger partial charge in [-0.1, -0.05) is 6.07 Å². The first-order valence-electron chi connectivity index (χ1n) is 14.1. The molecule has 3 heterocycles. The maximum absolute atomic E-state index is 14.1. The van der Waals surface area contributed by atoms with E-state index in [9.17, 15) is 9.59 Å². The Kier molecular flexibility index (Phi) is 6.54. The van der Waals surface area contributed by atoms with Crippen LogP contribution in [-0.4, -0.2) is 62.1 Å². The molecule has 1 aromatic carbocycles. The van der Waals surface area contributed by atoms with Gasteiger partial charge in [0, 0.05) is 60.7 Å². The van der Waals surface area contributed by atoms with E-state index in [2.05, 4.69) is 32.9 Å². The van der Waals surface area contributed by atoms with Crippen molar-refractivity contribution in [2.45, 2.75) is 89.9 Å². The Labute approximate surface area is 223 Å². The number of aryl methyl sites for hydroxylation is 1. The molecule has 6 rings (SSSR count). The number of carbonyl (C=O) groups is 2. The number of nitrogens with zero attached hydrogens (tertiary/aromatic N) is 4. The zero-order valence-corrected chi connectivity index (χ0v) is 22.7. The molecule has 1 saturated carbocycles. The number of hydrogen-bond donors (Lipinski definition) is 0. The monoisotopic (exact) mass is 518 g/mol. The van der Waals surface area contributed by atoms with E-state index in [1.165, 1.54) is 4.68 Å². The summed E-state index contributed by atoms with van der Waals surface area (Å²) in [6, 6.07) is 8.62. The van der Waals surface area contributed by atoms with Gasteiger partial charge in [-0.2, -0.15) is 9.78 Å². The lowest BCUT2D eigenvalue weighted by molar-refractivity contribution is 0.0513. The molecule has 1 unspecified atom stereocenters. The van der Waals surface area contributed by atoms with Crippen LogP contribution < -0.4 is 0 Å². The van der Waals surface area contributed by atoms with Crippen LogP contribution in [0.2, 0.25) is 0 Å². The van der Waals surface area contributed by atoms with E-state index in [0.29, 0.717) is 12.3 Å². The molecular formula is C30H38N4O4. The van der Waals surface area contributed by atoms with Gasteiger partial charge in [0.05, 0.1) is 5.69 Å². The molecule has 3 aromatic rings. The molecule has 0 N–H and O–H groups in total. The van der Waals surface area contributed by atoms with E-state index in [-0.39, 0.29) is 18.0 Å². The number of benzene rings is 1. The summed E-state index contributed by atoms with van der Waals surface area (Å²) in [5, 5.41) is 5.54. The third kappa shape index (κ3) is 5.10. The average molecular weight is 519 g/mol. The largest absolute Gasteiger partial charge is 0.442 e. The van der Waals surface area contributed by atoms with Crippen LogP contribution in [0.15, 0.2) is 36.7 Å². The summed E-state index contributed by atoms with van der Waals surface area (Å²) >= 11 is 0. The van der Waals surface area contributed by atoms with Gasteiger partial charge in [0.25, 0.3) is 5.91 Å². The number of carbonyl (C=O) groups excluding carboxylic acids is 2. The number of amides is 1. The van der Waals surface area contributed by atoms with Crippen LogP contribution in [0.4, 0.5) is 4.79 Å². The molecule has 1 atom stereocenters. The molecule has 8 nitrogen and oxygen atoms in total. The molecular weight excluding hydrogens is 480 g/mol. The Morgan fingerprint density at radius 3 is 2.61 bits per heavy atom. The van der Waals surface area contributed by atoms with E-state index in [4.69, 9.17) is 9.47 Å². The Hall–Kier alpha value is -3.13. The lowest BCUT2D eigenvalue weighted by Gasteiger charge is -2.34. The molecule has 8 heteroatoms. The fraction of sp³-hybridized carbons (Fsp3) is 0.567. The Morgan fingerprint density at radius 1 is 1.08 bits per heavy atom. The summed E-state index contributed by atoms with van der Waals surface area (Å²) in [5.41, 5.74) is 3.30. The van der Waals surface area contributed by atoms with Gasteiger partial charge >= 0.3 is 6.09 Å². The molecule has 1 aliphatic heterocycles. The Bertz CT molecular complexity index is 1340. The fourth-order valence-electron chi connectivity index (χ4n) is 6.02. The molecule has 1 saturated heterocycles. The van der Waals surface area contributed by atoms with Gasteiger partial charge in [0.15, 0.2) is 0 Å². The van der Waals surface area contributed by atoms with Gasteiger partial charge in [0.1, 0.15) is 5.60 Å². The van der Waals surface area contributed by atoms with Gasteiger partial charge in [-0.15, -0.1) is 0 Å². The fourth-order valence-corrected chi connectivity index (χ4v) is 6.02. The van der Waals surface area contributed by atoms with Crippen LogP contribution in [0, 0.1) is 5.92 Å². The maximum Gasteiger partial charge on any atom is 0.435 e. The van der Waals surface area contributed by atoms with Gasteiger partial charge in [-0.05, 0) is 95.4 Å². The zero-order chi connectivity index (χ0) is 26.4. The highest BCUT2D eigenvalue weighted by Gasteiger charge is 2.40. The maximum atomic E-state index is 14.1. The van der Waals surface area contributed by atoms with E-state index < -0.39 is 11.7 Å². The molecule has 1 amide bonds. The third-order valence-electron chi connectivity index (χ3n) is 8.04. The first kappa shape index (κ1) is 25.2. The van der Waals surface area contributed by atoms with E-state index in [1.807, 2.05) is 32.9 Å². The van der Waals surface area contributed by atoms with E-state index in [1.54, 1.807) is 6.20 Å². The summed E-state index contributed by atoms with van der Waals surface area (Å²) < 4.78 is 14.7. The van der Waals surface area contributed by atoms with Crippen molar-refractivity contribution in [1.82, 2.24) is 19.2 Å². The zero-order valence-electron chi connectivity index (χ0n) is 22.7. The van der Waals surface area contributed by atoms with E-state index >= 15 is 0 Å². The van der Waals surface area contributed by atoms with Crippen LogP contribution in [0.5, 0.6) is 0 Å². The van der Waals surface area contributed by atoms with Crippen LogP contribution >= 0.6 is 0 Å². The number of hydrogen-bond acceptors (Lipinski definition) is 5. The van der Waals surface area contributed by atoms with Crippen LogP contribution in [-0.2, 0) is 28.9 Å². The van der Waals surface area contributed by atoms with Crippen molar-refractivity contribution in [2.24, 2.45) is 5.92 Å².